The number of rotatable bonds is 8. The number of aromatic nitrogens is 1. The van der Waals surface area contributed by atoms with Crippen LogP contribution in [0.3, 0.4) is 0 Å². The molecule has 1 unspecified atom stereocenters. The molecule has 1 amide bonds. The minimum absolute atomic E-state index is 0.0135. The normalized spacial score (nSPS) is 16.3. The largest absolute Gasteiger partial charge is 0.441 e. The maximum absolute atomic E-state index is 13.0. The van der Waals surface area contributed by atoms with Crippen LogP contribution in [0.2, 0.25) is 0 Å². The predicted octanol–water partition coefficient (Wildman–Crippen LogP) is 2.89. The second-order valence-electron chi connectivity index (χ2n) is 7.39. The lowest BCUT2D eigenvalue weighted by molar-refractivity contribution is -0.121. The summed E-state index contributed by atoms with van der Waals surface area (Å²) in [4.78, 5) is 18.9. The van der Waals surface area contributed by atoms with Gasteiger partial charge in [0.2, 0.25) is 5.91 Å². The van der Waals surface area contributed by atoms with Gasteiger partial charge >= 0.3 is 0 Å². The standard InChI is InChI=1S/C21H28FN3O3/c1-15(2)18(25-9-11-27-12-10-25)13-23-20(26)7-8-21-24-14-19(28-21)16-3-5-17(22)6-4-16/h3-6,14-15,18H,7-13H2,1-2H3,(H,23,26). The SMILES string of the molecule is CC(C)C(CNC(=O)CCc1ncc(-c2ccc(F)cc2)o1)N1CCOCC1. The summed E-state index contributed by atoms with van der Waals surface area (Å²) in [6.07, 6.45) is 2.35. The van der Waals surface area contributed by atoms with E-state index >= 15 is 0 Å². The second-order valence-corrected chi connectivity index (χ2v) is 7.39. The fourth-order valence-corrected chi connectivity index (χ4v) is 3.40. The first kappa shape index (κ1) is 20.5. The summed E-state index contributed by atoms with van der Waals surface area (Å²) >= 11 is 0. The van der Waals surface area contributed by atoms with E-state index in [1.54, 1.807) is 18.3 Å². The second kappa shape index (κ2) is 9.80. The summed E-state index contributed by atoms with van der Waals surface area (Å²) in [5.41, 5.74) is 0.759. The number of amides is 1. The summed E-state index contributed by atoms with van der Waals surface area (Å²) in [5, 5.41) is 3.04. The van der Waals surface area contributed by atoms with E-state index in [9.17, 15) is 9.18 Å². The summed E-state index contributed by atoms with van der Waals surface area (Å²) in [6.45, 7) is 8.28. The van der Waals surface area contributed by atoms with Gasteiger partial charge in [-0.05, 0) is 30.2 Å². The van der Waals surface area contributed by atoms with Crippen LogP contribution >= 0.6 is 0 Å². The molecular formula is C21H28FN3O3. The third kappa shape index (κ3) is 5.62. The Morgan fingerprint density at radius 1 is 1.25 bits per heavy atom. The van der Waals surface area contributed by atoms with Crippen molar-refractivity contribution in [3.05, 3.63) is 42.2 Å². The van der Waals surface area contributed by atoms with Gasteiger partial charge in [-0.3, -0.25) is 9.69 Å². The Morgan fingerprint density at radius 3 is 2.64 bits per heavy atom. The molecule has 28 heavy (non-hydrogen) atoms. The highest BCUT2D eigenvalue weighted by Crippen LogP contribution is 2.21. The average Bonchev–Trinajstić information content (AvgIpc) is 3.17. The van der Waals surface area contributed by atoms with Gasteiger partial charge in [0.05, 0.1) is 19.4 Å². The first-order valence-electron chi connectivity index (χ1n) is 9.82. The minimum atomic E-state index is -0.294. The molecule has 1 N–H and O–H groups in total. The van der Waals surface area contributed by atoms with E-state index in [0.717, 1.165) is 31.9 Å². The van der Waals surface area contributed by atoms with E-state index in [1.165, 1.54) is 12.1 Å². The van der Waals surface area contributed by atoms with Crippen molar-refractivity contribution in [3.8, 4) is 11.3 Å². The van der Waals surface area contributed by atoms with Gasteiger partial charge in [0.25, 0.3) is 0 Å². The molecule has 1 atom stereocenters. The average molecular weight is 389 g/mol. The molecule has 2 aromatic rings. The number of hydrogen-bond donors (Lipinski definition) is 1. The van der Waals surface area contributed by atoms with Crippen molar-refractivity contribution < 1.29 is 18.3 Å². The van der Waals surface area contributed by atoms with Gasteiger partial charge in [0, 0.05) is 44.1 Å². The Bertz CT molecular complexity index is 755. The Morgan fingerprint density at radius 2 is 1.96 bits per heavy atom. The fraction of sp³-hybridized carbons (Fsp3) is 0.524. The topological polar surface area (TPSA) is 67.6 Å². The van der Waals surface area contributed by atoms with Crippen molar-refractivity contribution in [2.24, 2.45) is 5.92 Å². The minimum Gasteiger partial charge on any atom is -0.441 e. The summed E-state index contributed by atoms with van der Waals surface area (Å²) in [5.74, 6) is 1.21. The highest BCUT2D eigenvalue weighted by Gasteiger charge is 2.24. The predicted molar refractivity (Wildman–Crippen MR) is 104 cm³/mol. The molecule has 7 heteroatoms. The molecule has 1 aromatic heterocycles. The van der Waals surface area contributed by atoms with Crippen LogP contribution in [-0.2, 0) is 16.0 Å². The van der Waals surface area contributed by atoms with E-state index < -0.39 is 0 Å². The monoisotopic (exact) mass is 389 g/mol. The zero-order valence-electron chi connectivity index (χ0n) is 16.5. The molecule has 1 saturated heterocycles. The van der Waals surface area contributed by atoms with Gasteiger partial charge in [-0.25, -0.2) is 9.37 Å². The Hall–Kier alpha value is -2.25. The number of ether oxygens (including phenoxy) is 1. The molecular weight excluding hydrogens is 361 g/mol. The maximum atomic E-state index is 13.0. The number of carbonyl (C=O) groups is 1. The molecule has 6 nitrogen and oxygen atoms in total. The Kier molecular flexibility index (Phi) is 7.17. The van der Waals surface area contributed by atoms with Crippen molar-refractivity contribution in [1.82, 2.24) is 15.2 Å². The Labute approximate surface area is 165 Å². The first-order chi connectivity index (χ1) is 13.5. The molecule has 1 aliphatic rings. The van der Waals surface area contributed by atoms with Crippen LogP contribution in [0.5, 0.6) is 0 Å². The van der Waals surface area contributed by atoms with Crippen LogP contribution in [0.15, 0.2) is 34.9 Å². The molecule has 3 rings (SSSR count). The number of aryl methyl sites for hydroxylation is 1. The van der Waals surface area contributed by atoms with Crippen LogP contribution in [0.1, 0.15) is 26.2 Å². The number of carbonyl (C=O) groups excluding carboxylic acids is 1. The third-order valence-electron chi connectivity index (χ3n) is 5.04. The number of benzene rings is 1. The van der Waals surface area contributed by atoms with E-state index in [4.69, 9.17) is 9.15 Å². The Balaban J connectivity index is 1.46. The molecule has 0 radical (unpaired) electrons. The highest BCUT2D eigenvalue weighted by molar-refractivity contribution is 5.76. The van der Waals surface area contributed by atoms with Crippen molar-refractivity contribution in [3.63, 3.8) is 0 Å². The van der Waals surface area contributed by atoms with Gasteiger partial charge < -0.3 is 14.5 Å². The molecule has 1 fully saturated rings. The molecule has 1 aromatic carbocycles. The van der Waals surface area contributed by atoms with E-state index in [-0.39, 0.29) is 11.7 Å². The lowest BCUT2D eigenvalue weighted by Crippen LogP contribution is -2.51. The molecule has 0 aliphatic carbocycles. The van der Waals surface area contributed by atoms with Crippen molar-refractivity contribution >= 4 is 5.91 Å². The lowest BCUT2D eigenvalue weighted by atomic mass is 10.0. The van der Waals surface area contributed by atoms with Crippen molar-refractivity contribution in [2.45, 2.75) is 32.7 Å². The van der Waals surface area contributed by atoms with Gasteiger partial charge in [-0.2, -0.15) is 0 Å². The quantitative estimate of drug-likeness (QED) is 0.752. The van der Waals surface area contributed by atoms with Gasteiger partial charge in [0.1, 0.15) is 5.82 Å². The number of morpholine rings is 1. The molecule has 2 heterocycles. The fourth-order valence-electron chi connectivity index (χ4n) is 3.40. The van der Waals surface area contributed by atoms with E-state index in [0.29, 0.717) is 43.0 Å². The number of oxazole rings is 1. The van der Waals surface area contributed by atoms with Crippen LogP contribution < -0.4 is 5.32 Å². The lowest BCUT2D eigenvalue weighted by Gasteiger charge is -2.36. The van der Waals surface area contributed by atoms with Gasteiger partial charge in [0.15, 0.2) is 11.7 Å². The molecule has 1 aliphatic heterocycles. The van der Waals surface area contributed by atoms with Crippen molar-refractivity contribution in [1.29, 1.82) is 0 Å². The zero-order chi connectivity index (χ0) is 19.9. The number of halogens is 1. The van der Waals surface area contributed by atoms with E-state index in [2.05, 4.69) is 29.0 Å². The third-order valence-corrected chi connectivity index (χ3v) is 5.04. The maximum Gasteiger partial charge on any atom is 0.220 e. The van der Waals surface area contributed by atoms with Crippen LogP contribution in [0, 0.1) is 11.7 Å². The van der Waals surface area contributed by atoms with Crippen LogP contribution in [0.25, 0.3) is 11.3 Å². The van der Waals surface area contributed by atoms with Crippen LogP contribution in [0.4, 0.5) is 4.39 Å². The molecule has 0 bridgehead atoms. The molecule has 0 saturated carbocycles. The zero-order valence-corrected chi connectivity index (χ0v) is 16.5. The number of nitrogens with zero attached hydrogens (tertiary/aromatic N) is 2. The van der Waals surface area contributed by atoms with Crippen molar-refractivity contribution in [2.75, 3.05) is 32.8 Å². The highest BCUT2D eigenvalue weighted by atomic mass is 19.1. The van der Waals surface area contributed by atoms with E-state index in [1.807, 2.05) is 0 Å². The summed E-state index contributed by atoms with van der Waals surface area (Å²) in [6, 6.07) is 6.35. The molecule has 152 valence electrons. The number of hydrogen-bond acceptors (Lipinski definition) is 5. The first-order valence-corrected chi connectivity index (χ1v) is 9.82. The van der Waals surface area contributed by atoms with Gasteiger partial charge in [-0.15, -0.1) is 0 Å². The van der Waals surface area contributed by atoms with Crippen LogP contribution in [-0.4, -0.2) is 54.7 Å². The summed E-state index contributed by atoms with van der Waals surface area (Å²) < 4.78 is 24.1. The summed E-state index contributed by atoms with van der Waals surface area (Å²) in [7, 11) is 0. The molecule has 0 spiro atoms. The smallest absolute Gasteiger partial charge is 0.220 e. The van der Waals surface area contributed by atoms with Gasteiger partial charge in [-0.1, -0.05) is 13.8 Å². The number of nitrogens with one attached hydrogen (secondary N) is 1.